The van der Waals surface area contributed by atoms with Crippen LogP contribution in [0.2, 0.25) is 10.0 Å². The van der Waals surface area contributed by atoms with Gasteiger partial charge in [0.2, 0.25) is 0 Å². The van der Waals surface area contributed by atoms with Crippen molar-refractivity contribution < 1.29 is 4.79 Å². The summed E-state index contributed by atoms with van der Waals surface area (Å²) < 4.78 is 0. The molecule has 0 fully saturated rings. The lowest BCUT2D eigenvalue weighted by Crippen LogP contribution is -2.15. The molecule has 0 bridgehead atoms. The number of halogens is 2. The zero-order valence-corrected chi connectivity index (χ0v) is 14.4. The van der Waals surface area contributed by atoms with Gasteiger partial charge in [0.25, 0.3) is 5.91 Å². The van der Waals surface area contributed by atoms with E-state index < -0.39 is 5.91 Å². The Labute approximate surface area is 154 Å². The van der Waals surface area contributed by atoms with Crippen molar-refractivity contribution in [3.05, 3.63) is 76.4 Å². The summed E-state index contributed by atoms with van der Waals surface area (Å²) in [6.45, 7) is 0.510. The number of benzene rings is 1. The van der Waals surface area contributed by atoms with E-state index >= 15 is 0 Å². The van der Waals surface area contributed by atoms with E-state index in [1.54, 1.807) is 24.4 Å². The number of amides is 1. The van der Waals surface area contributed by atoms with Crippen LogP contribution in [0, 0.1) is 0 Å². The Bertz CT molecular complexity index is 852. The quantitative estimate of drug-likeness (QED) is 0.705. The molecule has 2 aromatic heterocycles. The second-order valence-corrected chi connectivity index (χ2v) is 5.83. The van der Waals surface area contributed by atoms with Crippen LogP contribution in [0.4, 0.5) is 11.5 Å². The SMILES string of the molecule is O=C(Nc1c(Cl)cccc1Cl)c1cnc(NCc2ccccn2)cn1. The number of hydrogen-bond donors (Lipinski definition) is 2. The van der Waals surface area contributed by atoms with E-state index in [0.717, 1.165) is 5.69 Å². The number of hydrogen-bond acceptors (Lipinski definition) is 5. The maximum Gasteiger partial charge on any atom is 0.275 e. The van der Waals surface area contributed by atoms with Gasteiger partial charge in [-0.2, -0.15) is 0 Å². The summed E-state index contributed by atoms with van der Waals surface area (Å²) in [6.07, 6.45) is 4.57. The molecule has 6 nitrogen and oxygen atoms in total. The predicted molar refractivity (Wildman–Crippen MR) is 98.0 cm³/mol. The van der Waals surface area contributed by atoms with E-state index in [1.807, 2.05) is 18.2 Å². The molecule has 0 radical (unpaired) electrons. The van der Waals surface area contributed by atoms with E-state index in [1.165, 1.54) is 12.4 Å². The molecule has 8 heteroatoms. The van der Waals surface area contributed by atoms with E-state index in [0.29, 0.717) is 28.1 Å². The number of anilines is 2. The van der Waals surface area contributed by atoms with E-state index in [9.17, 15) is 4.79 Å². The third-order valence-electron chi connectivity index (χ3n) is 3.26. The molecule has 0 aliphatic carbocycles. The summed E-state index contributed by atoms with van der Waals surface area (Å²) in [5.74, 6) is 0.0942. The van der Waals surface area contributed by atoms with E-state index in [-0.39, 0.29) is 5.69 Å². The Hall–Kier alpha value is -2.70. The molecule has 2 N–H and O–H groups in total. The van der Waals surface area contributed by atoms with Crippen LogP contribution < -0.4 is 10.6 Å². The van der Waals surface area contributed by atoms with Crippen molar-refractivity contribution in [3.63, 3.8) is 0 Å². The molecule has 1 amide bonds. The first-order chi connectivity index (χ1) is 12.1. The van der Waals surface area contributed by atoms with E-state index in [2.05, 4.69) is 25.6 Å². The van der Waals surface area contributed by atoms with Gasteiger partial charge in [0.15, 0.2) is 0 Å². The van der Waals surface area contributed by atoms with Crippen LogP contribution in [-0.2, 0) is 6.54 Å². The minimum Gasteiger partial charge on any atom is -0.363 e. The molecule has 0 saturated heterocycles. The molecule has 0 spiro atoms. The van der Waals surface area contributed by atoms with Crippen molar-refractivity contribution in [1.82, 2.24) is 15.0 Å². The first kappa shape index (κ1) is 17.1. The van der Waals surface area contributed by atoms with Crippen molar-refractivity contribution in [2.45, 2.75) is 6.54 Å². The Kier molecular flexibility index (Phi) is 5.42. The van der Waals surface area contributed by atoms with Gasteiger partial charge in [-0.1, -0.05) is 35.3 Å². The van der Waals surface area contributed by atoms with Gasteiger partial charge in [-0.15, -0.1) is 0 Å². The number of nitrogens with one attached hydrogen (secondary N) is 2. The Morgan fingerprint density at radius 2 is 1.76 bits per heavy atom. The largest absolute Gasteiger partial charge is 0.363 e. The highest BCUT2D eigenvalue weighted by Crippen LogP contribution is 2.30. The lowest BCUT2D eigenvalue weighted by atomic mass is 10.3. The molecule has 0 aliphatic rings. The average Bonchev–Trinajstić information content (AvgIpc) is 2.64. The molecule has 0 atom stereocenters. The third kappa shape index (κ3) is 4.43. The minimum absolute atomic E-state index is 0.152. The van der Waals surface area contributed by atoms with Crippen molar-refractivity contribution in [3.8, 4) is 0 Å². The van der Waals surface area contributed by atoms with Gasteiger partial charge in [-0.3, -0.25) is 9.78 Å². The number of aromatic nitrogens is 3. The number of carbonyl (C=O) groups is 1. The Morgan fingerprint density at radius 3 is 2.40 bits per heavy atom. The highest BCUT2D eigenvalue weighted by molar-refractivity contribution is 6.39. The molecule has 126 valence electrons. The zero-order valence-electron chi connectivity index (χ0n) is 12.9. The van der Waals surface area contributed by atoms with Gasteiger partial charge < -0.3 is 10.6 Å². The fraction of sp³-hybridized carbons (Fsp3) is 0.0588. The Morgan fingerprint density at radius 1 is 0.960 bits per heavy atom. The number of pyridine rings is 1. The molecule has 3 aromatic rings. The smallest absolute Gasteiger partial charge is 0.275 e. The van der Waals surface area contributed by atoms with Crippen LogP contribution in [0.25, 0.3) is 0 Å². The summed E-state index contributed by atoms with van der Waals surface area (Å²) >= 11 is 12.1. The lowest BCUT2D eigenvalue weighted by Gasteiger charge is -2.09. The summed E-state index contributed by atoms with van der Waals surface area (Å²) in [5.41, 5.74) is 1.37. The summed E-state index contributed by atoms with van der Waals surface area (Å²) in [5, 5.41) is 6.42. The van der Waals surface area contributed by atoms with Gasteiger partial charge in [-0.25, -0.2) is 9.97 Å². The first-order valence-corrected chi connectivity index (χ1v) is 8.10. The molecular formula is C17H13Cl2N5O. The van der Waals surface area contributed by atoms with Crippen molar-refractivity contribution >= 4 is 40.6 Å². The van der Waals surface area contributed by atoms with Crippen molar-refractivity contribution in [2.24, 2.45) is 0 Å². The van der Waals surface area contributed by atoms with Gasteiger partial charge >= 0.3 is 0 Å². The summed E-state index contributed by atoms with van der Waals surface area (Å²) in [6, 6.07) is 10.6. The minimum atomic E-state index is -0.446. The highest BCUT2D eigenvalue weighted by atomic mass is 35.5. The van der Waals surface area contributed by atoms with E-state index in [4.69, 9.17) is 23.2 Å². The van der Waals surface area contributed by atoms with Gasteiger partial charge in [0.1, 0.15) is 11.5 Å². The molecule has 25 heavy (non-hydrogen) atoms. The molecule has 2 heterocycles. The topological polar surface area (TPSA) is 79.8 Å². The molecule has 0 saturated carbocycles. The van der Waals surface area contributed by atoms with Crippen LogP contribution >= 0.6 is 23.2 Å². The molecule has 1 aromatic carbocycles. The van der Waals surface area contributed by atoms with Gasteiger partial charge in [0.05, 0.1) is 40.4 Å². The fourth-order valence-electron chi connectivity index (χ4n) is 2.02. The van der Waals surface area contributed by atoms with Crippen LogP contribution in [0.1, 0.15) is 16.2 Å². The maximum atomic E-state index is 12.2. The monoisotopic (exact) mass is 373 g/mol. The van der Waals surface area contributed by atoms with Gasteiger partial charge in [-0.05, 0) is 24.3 Å². The lowest BCUT2D eigenvalue weighted by molar-refractivity contribution is 0.102. The zero-order chi connectivity index (χ0) is 17.6. The first-order valence-electron chi connectivity index (χ1n) is 7.34. The van der Waals surface area contributed by atoms with Crippen LogP contribution in [0.3, 0.4) is 0 Å². The summed E-state index contributed by atoms with van der Waals surface area (Å²) in [7, 11) is 0. The molecular weight excluding hydrogens is 361 g/mol. The second-order valence-electron chi connectivity index (χ2n) is 5.01. The van der Waals surface area contributed by atoms with Crippen molar-refractivity contribution in [1.29, 1.82) is 0 Å². The molecule has 3 rings (SSSR count). The number of para-hydroxylation sites is 1. The molecule has 0 aliphatic heterocycles. The average molecular weight is 374 g/mol. The van der Waals surface area contributed by atoms with Crippen LogP contribution in [0.5, 0.6) is 0 Å². The fourth-order valence-corrected chi connectivity index (χ4v) is 2.51. The standard InChI is InChI=1S/C17H13Cl2N5O/c18-12-5-3-6-13(19)16(12)24-17(25)14-9-23-15(10-21-14)22-8-11-4-1-2-7-20-11/h1-7,9-10H,8H2,(H,22,23)(H,24,25). The van der Waals surface area contributed by atoms with Crippen LogP contribution in [0.15, 0.2) is 55.0 Å². The number of nitrogens with zero attached hydrogens (tertiary/aromatic N) is 3. The second kappa shape index (κ2) is 7.92. The highest BCUT2D eigenvalue weighted by Gasteiger charge is 2.13. The number of rotatable bonds is 5. The molecule has 0 unspecified atom stereocenters. The van der Waals surface area contributed by atoms with Crippen LogP contribution in [-0.4, -0.2) is 20.9 Å². The number of carbonyl (C=O) groups excluding carboxylic acids is 1. The Balaban J connectivity index is 1.64. The van der Waals surface area contributed by atoms with Crippen molar-refractivity contribution in [2.75, 3.05) is 10.6 Å². The predicted octanol–water partition coefficient (Wildman–Crippen LogP) is 4.04. The normalized spacial score (nSPS) is 10.3. The van der Waals surface area contributed by atoms with Gasteiger partial charge in [0, 0.05) is 6.20 Å². The summed E-state index contributed by atoms with van der Waals surface area (Å²) in [4.78, 5) is 24.7. The third-order valence-corrected chi connectivity index (χ3v) is 3.89. The maximum absolute atomic E-state index is 12.2.